The molecule has 3 aromatic rings. The third kappa shape index (κ3) is 6.39. The highest BCUT2D eigenvalue weighted by Gasteiger charge is 2.42. The SMILES string of the molecule is CCCOC(=O)C(c1ccccc1)N1C(=O)/C(=C\c2ccc(OCc3c(F)cccc3Cl)cc2)SC1=S. The van der Waals surface area contributed by atoms with E-state index in [0.717, 1.165) is 17.3 Å². The summed E-state index contributed by atoms with van der Waals surface area (Å²) in [4.78, 5) is 28.0. The van der Waals surface area contributed by atoms with Crippen LogP contribution in [0, 0.1) is 5.82 Å². The van der Waals surface area contributed by atoms with Crippen molar-refractivity contribution in [3.05, 3.63) is 105 Å². The van der Waals surface area contributed by atoms with Crippen molar-refractivity contribution in [2.75, 3.05) is 6.61 Å². The molecular formula is C28H23ClFNO4S2. The molecule has 4 rings (SSSR count). The van der Waals surface area contributed by atoms with Gasteiger partial charge in [-0.25, -0.2) is 9.18 Å². The number of thiocarbonyl (C=S) groups is 1. The summed E-state index contributed by atoms with van der Waals surface area (Å²) >= 11 is 12.7. The molecule has 0 aromatic heterocycles. The van der Waals surface area contributed by atoms with Gasteiger partial charge in [0.05, 0.1) is 16.5 Å². The number of carbonyl (C=O) groups is 2. The molecule has 37 heavy (non-hydrogen) atoms. The van der Waals surface area contributed by atoms with Crippen LogP contribution in [0.1, 0.15) is 36.1 Å². The average molecular weight is 556 g/mol. The molecule has 1 heterocycles. The Morgan fingerprint density at radius 1 is 1.11 bits per heavy atom. The molecular weight excluding hydrogens is 533 g/mol. The van der Waals surface area contributed by atoms with Gasteiger partial charge in [0.2, 0.25) is 0 Å². The predicted molar refractivity (Wildman–Crippen MR) is 148 cm³/mol. The van der Waals surface area contributed by atoms with E-state index in [1.54, 1.807) is 60.7 Å². The van der Waals surface area contributed by atoms with Crippen LogP contribution in [-0.2, 0) is 20.9 Å². The maximum Gasteiger partial charge on any atom is 0.333 e. The number of hydrogen-bond acceptors (Lipinski definition) is 6. The van der Waals surface area contributed by atoms with E-state index in [1.807, 2.05) is 13.0 Å². The van der Waals surface area contributed by atoms with Gasteiger partial charge in [-0.2, -0.15) is 0 Å². The molecule has 0 bridgehead atoms. The van der Waals surface area contributed by atoms with Crippen molar-refractivity contribution in [1.29, 1.82) is 0 Å². The molecule has 0 N–H and O–H groups in total. The van der Waals surface area contributed by atoms with Crippen molar-refractivity contribution in [2.45, 2.75) is 26.0 Å². The van der Waals surface area contributed by atoms with Gasteiger partial charge in [-0.3, -0.25) is 9.69 Å². The monoisotopic (exact) mass is 555 g/mol. The molecule has 9 heteroatoms. The summed E-state index contributed by atoms with van der Waals surface area (Å²) in [6.07, 6.45) is 2.37. The smallest absolute Gasteiger partial charge is 0.333 e. The van der Waals surface area contributed by atoms with Crippen LogP contribution in [0.5, 0.6) is 5.75 Å². The highest BCUT2D eigenvalue weighted by atomic mass is 35.5. The molecule has 0 saturated carbocycles. The Balaban J connectivity index is 1.50. The van der Waals surface area contributed by atoms with Crippen LogP contribution in [0.25, 0.3) is 6.08 Å². The van der Waals surface area contributed by atoms with Gasteiger partial charge < -0.3 is 9.47 Å². The van der Waals surface area contributed by atoms with E-state index < -0.39 is 17.8 Å². The number of hydrogen-bond donors (Lipinski definition) is 0. The van der Waals surface area contributed by atoms with Gasteiger partial charge in [-0.15, -0.1) is 0 Å². The lowest BCUT2D eigenvalue weighted by Crippen LogP contribution is -2.38. The van der Waals surface area contributed by atoms with Crippen LogP contribution in [0.4, 0.5) is 4.39 Å². The fourth-order valence-corrected chi connectivity index (χ4v) is 5.18. The van der Waals surface area contributed by atoms with Crippen LogP contribution < -0.4 is 4.74 Å². The number of nitrogens with zero attached hydrogens (tertiary/aromatic N) is 1. The molecule has 1 atom stereocenters. The molecule has 0 radical (unpaired) electrons. The lowest BCUT2D eigenvalue weighted by molar-refractivity contribution is -0.151. The van der Waals surface area contributed by atoms with Crippen LogP contribution in [-0.4, -0.2) is 27.7 Å². The van der Waals surface area contributed by atoms with Gasteiger partial charge in [0.1, 0.15) is 22.5 Å². The van der Waals surface area contributed by atoms with Crippen molar-refractivity contribution in [2.24, 2.45) is 0 Å². The van der Waals surface area contributed by atoms with Gasteiger partial charge in [-0.1, -0.05) is 91.0 Å². The Hall–Kier alpha value is -3.20. The van der Waals surface area contributed by atoms with Crippen molar-refractivity contribution in [3.63, 3.8) is 0 Å². The first-order valence-corrected chi connectivity index (χ1v) is 13.1. The number of esters is 1. The molecule has 5 nitrogen and oxygen atoms in total. The molecule has 1 unspecified atom stereocenters. The summed E-state index contributed by atoms with van der Waals surface area (Å²) in [6, 6.07) is 19.5. The summed E-state index contributed by atoms with van der Waals surface area (Å²) in [5.41, 5.74) is 1.64. The third-order valence-corrected chi connectivity index (χ3v) is 7.18. The van der Waals surface area contributed by atoms with Crippen molar-refractivity contribution in [1.82, 2.24) is 4.90 Å². The van der Waals surface area contributed by atoms with Crippen molar-refractivity contribution in [3.8, 4) is 5.75 Å². The summed E-state index contributed by atoms with van der Waals surface area (Å²) in [7, 11) is 0. The topological polar surface area (TPSA) is 55.8 Å². The lowest BCUT2D eigenvalue weighted by Gasteiger charge is -2.25. The van der Waals surface area contributed by atoms with Gasteiger partial charge in [-0.05, 0) is 47.9 Å². The van der Waals surface area contributed by atoms with E-state index in [-0.39, 0.29) is 29.0 Å². The zero-order chi connectivity index (χ0) is 26.4. The van der Waals surface area contributed by atoms with Gasteiger partial charge in [0, 0.05) is 5.56 Å². The van der Waals surface area contributed by atoms with Crippen LogP contribution in [0.3, 0.4) is 0 Å². The minimum absolute atomic E-state index is 0.0154. The second-order valence-electron chi connectivity index (χ2n) is 8.09. The maximum absolute atomic E-state index is 14.0. The Morgan fingerprint density at radius 2 is 1.84 bits per heavy atom. The zero-order valence-corrected chi connectivity index (χ0v) is 22.2. The second-order valence-corrected chi connectivity index (χ2v) is 10.2. The van der Waals surface area contributed by atoms with E-state index in [4.69, 9.17) is 33.3 Å². The fourth-order valence-electron chi connectivity index (χ4n) is 3.65. The molecule has 1 saturated heterocycles. The Labute approximate surface area is 229 Å². The van der Waals surface area contributed by atoms with Crippen molar-refractivity contribution >= 4 is 57.9 Å². The van der Waals surface area contributed by atoms with Gasteiger partial charge >= 0.3 is 5.97 Å². The van der Waals surface area contributed by atoms with E-state index in [1.165, 1.54) is 17.0 Å². The number of amides is 1. The number of carbonyl (C=O) groups excluding carboxylic acids is 2. The quantitative estimate of drug-likeness (QED) is 0.162. The number of halogens is 2. The van der Waals surface area contributed by atoms with E-state index in [0.29, 0.717) is 27.7 Å². The van der Waals surface area contributed by atoms with Crippen LogP contribution in [0.2, 0.25) is 5.02 Å². The summed E-state index contributed by atoms with van der Waals surface area (Å²) in [5, 5.41) is 0.297. The first-order chi connectivity index (χ1) is 17.9. The minimum atomic E-state index is -0.966. The van der Waals surface area contributed by atoms with Crippen molar-refractivity contribution < 1.29 is 23.5 Å². The normalized spacial score (nSPS) is 15.2. The number of benzene rings is 3. The zero-order valence-electron chi connectivity index (χ0n) is 19.9. The summed E-state index contributed by atoms with van der Waals surface area (Å²) < 4.78 is 25.3. The molecule has 3 aromatic carbocycles. The second kappa shape index (κ2) is 12.4. The highest BCUT2D eigenvalue weighted by molar-refractivity contribution is 8.26. The number of thioether (sulfide) groups is 1. The molecule has 1 amide bonds. The number of rotatable bonds is 9. The predicted octanol–water partition coefficient (Wildman–Crippen LogP) is 6.95. The first kappa shape index (κ1) is 26.9. The standard InChI is InChI=1S/C28H23ClFNO4S2/c1-2-15-34-27(33)25(19-7-4-3-5-8-19)31-26(32)24(37-28(31)36)16-18-11-13-20(14-12-18)35-17-21-22(29)9-6-10-23(21)30/h3-14,16,25H,2,15,17H2,1H3/b24-16+. The molecule has 190 valence electrons. The highest BCUT2D eigenvalue weighted by Crippen LogP contribution is 2.39. The third-order valence-electron chi connectivity index (χ3n) is 5.49. The van der Waals surface area contributed by atoms with E-state index in [2.05, 4.69) is 0 Å². The summed E-state index contributed by atoms with van der Waals surface area (Å²) in [6.45, 7) is 2.14. The van der Waals surface area contributed by atoms with Gasteiger partial charge in [0.25, 0.3) is 5.91 Å². The average Bonchev–Trinajstić information content (AvgIpc) is 3.16. The maximum atomic E-state index is 14.0. The first-order valence-electron chi connectivity index (χ1n) is 11.5. The summed E-state index contributed by atoms with van der Waals surface area (Å²) in [5.74, 6) is -0.806. The lowest BCUT2D eigenvalue weighted by atomic mass is 10.1. The Kier molecular flexibility index (Phi) is 8.97. The minimum Gasteiger partial charge on any atom is -0.489 e. The fraction of sp³-hybridized carbons (Fsp3) is 0.179. The Morgan fingerprint density at radius 3 is 2.51 bits per heavy atom. The molecule has 1 aliphatic rings. The molecule has 1 fully saturated rings. The van der Waals surface area contributed by atoms with Crippen LogP contribution >= 0.6 is 35.6 Å². The Bertz CT molecular complexity index is 1310. The van der Waals surface area contributed by atoms with E-state index >= 15 is 0 Å². The van der Waals surface area contributed by atoms with E-state index in [9.17, 15) is 14.0 Å². The van der Waals surface area contributed by atoms with Crippen LogP contribution in [0.15, 0.2) is 77.7 Å². The molecule has 0 aliphatic carbocycles. The molecule has 0 spiro atoms. The van der Waals surface area contributed by atoms with Gasteiger partial charge in [0.15, 0.2) is 6.04 Å². The molecule has 1 aliphatic heterocycles. The largest absolute Gasteiger partial charge is 0.489 e. The number of ether oxygens (including phenoxy) is 2.